The van der Waals surface area contributed by atoms with Gasteiger partial charge in [-0.1, -0.05) is 6.92 Å². The second kappa shape index (κ2) is 5.90. The summed E-state index contributed by atoms with van der Waals surface area (Å²) >= 11 is 0. The standard InChI is InChI=1S/C14H22O2/c1-6-14-10(3)8-13(9-11(14)4)16-12(5)15-7-2/h8-9,12H,6-7H2,1-5H3. The lowest BCUT2D eigenvalue weighted by Gasteiger charge is -2.17. The molecular weight excluding hydrogens is 200 g/mol. The Kier molecular flexibility index (Phi) is 4.81. The van der Waals surface area contributed by atoms with Crippen LogP contribution >= 0.6 is 0 Å². The van der Waals surface area contributed by atoms with Gasteiger partial charge in [-0.2, -0.15) is 0 Å². The first-order valence-corrected chi connectivity index (χ1v) is 5.96. The van der Waals surface area contributed by atoms with Crippen molar-refractivity contribution in [2.45, 2.75) is 47.3 Å². The normalized spacial score (nSPS) is 12.6. The Morgan fingerprint density at radius 2 is 1.69 bits per heavy atom. The van der Waals surface area contributed by atoms with Crippen LogP contribution < -0.4 is 4.74 Å². The molecule has 0 bridgehead atoms. The van der Waals surface area contributed by atoms with E-state index < -0.39 is 0 Å². The number of hydrogen-bond donors (Lipinski definition) is 0. The molecule has 0 radical (unpaired) electrons. The molecule has 0 aromatic heterocycles. The average molecular weight is 222 g/mol. The molecule has 0 aliphatic carbocycles. The van der Waals surface area contributed by atoms with Crippen molar-refractivity contribution in [1.29, 1.82) is 0 Å². The van der Waals surface area contributed by atoms with Gasteiger partial charge in [-0.15, -0.1) is 0 Å². The molecule has 0 aliphatic heterocycles. The van der Waals surface area contributed by atoms with Gasteiger partial charge in [0.25, 0.3) is 0 Å². The number of benzene rings is 1. The summed E-state index contributed by atoms with van der Waals surface area (Å²) in [4.78, 5) is 0. The molecule has 0 spiro atoms. The van der Waals surface area contributed by atoms with Crippen molar-refractivity contribution in [1.82, 2.24) is 0 Å². The topological polar surface area (TPSA) is 18.5 Å². The predicted octanol–water partition coefficient (Wildman–Crippen LogP) is 3.63. The summed E-state index contributed by atoms with van der Waals surface area (Å²) in [6.07, 6.45) is 0.884. The summed E-state index contributed by atoms with van der Waals surface area (Å²) in [6, 6.07) is 4.17. The summed E-state index contributed by atoms with van der Waals surface area (Å²) in [5.74, 6) is 0.896. The number of ether oxygens (including phenoxy) is 2. The van der Waals surface area contributed by atoms with E-state index in [2.05, 4.69) is 32.9 Å². The lowest BCUT2D eigenvalue weighted by atomic mass is 10.0. The Hall–Kier alpha value is -1.02. The van der Waals surface area contributed by atoms with Gasteiger partial charge < -0.3 is 9.47 Å². The molecule has 16 heavy (non-hydrogen) atoms. The molecule has 90 valence electrons. The minimum atomic E-state index is -0.184. The molecule has 1 atom stereocenters. The Morgan fingerprint density at radius 3 is 2.12 bits per heavy atom. The van der Waals surface area contributed by atoms with Crippen molar-refractivity contribution in [2.24, 2.45) is 0 Å². The predicted molar refractivity (Wildman–Crippen MR) is 67.0 cm³/mol. The molecule has 1 aromatic rings. The monoisotopic (exact) mass is 222 g/mol. The van der Waals surface area contributed by atoms with E-state index in [1.807, 2.05) is 13.8 Å². The number of aryl methyl sites for hydroxylation is 2. The van der Waals surface area contributed by atoms with Crippen LogP contribution in [0.1, 0.15) is 37.5 Å². The first-order valence-electron chi connectivity index (χ1n) is 5.96. The van der Waals surface area contributed by atoms with Crippen LogP contribution in [0.5, 0.6) is 5.75 Å². The third kappa shape index (κ3) is 3.24. The van der Waals surface area contributed by atoms with E-state index in [4.69, 9.17) is 9.47 Å². The Balaban J connectivity index is 2.83. The smallest absolute Gasteiger partial charge is 0.196 e. The molecule has 0 amide bonds. The van der Waals surface area contributed by atoms with E-state index in [1.54, 1.807) is 0 Å². The summed E-state index contributed by atoms with van der Waals surface area (Å²) in [7, 11) is 0. The van der Waals surface area contributed by atoms with E-state index in [9.17, 15) is 0 Å². The van der Waals surface area contributed by atoms with Gasteiger partial charge in [0.15, 0.2) is 6.29 Å². The second-order valence-electron chi connectivity index (χ2n) is 4.03. The highest BCUT2D eigenvalue weighted by molar-refractivity contribution is 5.41. The van der Waals surface area contributed by atoms with E-state index in [1.165, 1.54) is 16.7 Å². The van der Waals surface area contributed by atoms with E-state index in [0.29, 0.717) is 6.61 Å². The SMILES string of the molecule is CCOC(C)Oc1cc(C)c(CC)c(C)c1. The van der Waals surface area contributed by atoms with E-state index >= 15 is 0 Å². The highest BCUT2D eigenvalue weighted by atomic mass is 16.7. The molecule has 1 aromatic carbocycles. The molecule has 0 fully saturated rings. The van der Waals surface area contributed by atoms with Crippen LogP contribution in [0, 0.1) is 13.8 Å². The van der Waals surface area contributed by atoms with Gasteiger partial charge in [0.1, 0.15) is 5.75 Å². The second-order valence-corrected chi connectivity index (χ2v) is 4.03. The van der Waals surface area contributed by atoms with Gasteiger partial charge >= 0.3 is 0 Å². The fourth-order valence-corrected chi connectivity index (χ4v) is 2.04. The van der Waals surface area contributed by atoms with Crippen LogP contribution in [0.15, 0.2) is 12.1 Å². The Bertz CT molecular complexity index is 322. The maximum atomic E-state index is 5.69. The van der Waals surface area contributed by atoms with Crippen LogP contribution in [-0.4, -0.2) is 12.9 Å². The third-order valence-corrected chi connectivity index (χ3v) is 2.73. The van der Waals surface area contributed by atoms with Crippen molar-refractivity contribution in [3.05, 3.63) is 28.8 Å². The van der Waals surface area contributed by atoms with Crippen molar-refractivity contribution >= 4 is 0 Å². The van der Waals surface area contributed by atoms with E-state index in [0.717, 1.165) is 12.2 Å². The third-order valence-electron chi connectivity index (χ3n) is 2.73. The number of rotatable bonds is 5. The summed E-state index contributed by atoms with van der Waals surface area (Å²) < 4.78 is 11.1. The molecule has 1 unspecified atom stereocenters. The number of hydrogen-bond acceptors (Lipinski definition) is 2. The first kappa shape index (κ1) is 13.0. The Morgan fingerprint density at radius 1 is 1.12 bits per heavy atom. The molecule has 0 N–H and O–H groups in total. The zero-order chi connectivity index (χ0) is 12.1. The molecule has 0 aliphatic rings. The van der Waals surface area contributed by atoms with Crippen LogP contribution in [0.2, 0.25) is 0 Å². The van der Waals surface area contributed by atoms with Crippen molar-refractivity contribution in [3.63, 3.8) is 0 Å². The molecule has 2 heteroatoms. The maximum Gasteiger partial charge on any atom is 0.196 e. The highest BCUT2D eigenvalue weighted by Crippen LogP contribution is 2.23. The maximum absolute atomic E-state index is 5.69. The quantitative estimate of drug-likeness (QED) is 0.708. The molecule has 0 saturated carbocycles. The minimum Gasteiger partial charge on any atom is -0.465 e. The highest BCUT2D eigenvalue weighted by Gasteiger charge is 2.07. The van der Waals surface area contributed by atoms with E-state index in [-0.39, 0.29) is 6.29 Å². The van der Waals surface area contributed by atoms with Gasteiger partial charge in [0.2, 0.25) is 0 Å². The van der Waals surface area contributed by atoms with Crippen LogP contribution in [0.4, 0.5) is 0 Å². The summed E-state index contributed by atoms with van der Waals surface area (Å²) in [5.41, 5.74) is 4.00. The summed E-state index contributed by atoms with van der Waals surface area (Å²) in [5, 5.41) is 0. The van der Waals surface area contributed by atoms with Crippen LogP contribution in [0.3, 0.4) is 0 Å². The van der Waals surface area contributed by atoms with Gasteiger partial charge in [0, 0.05) is 6.61 Å². The van der Waals surface area contributed by atoms with Crippen LogP contribution in [-0.2, 0) is 11.2 Å². The van der Waals surface area contributed by atoms with Crippen LogP contribution in [0.25, 0.3) is 0 Å². The minimum absolute atomic E-state index is 0.184. The zero-order valence-electron chi connectivity index (χ0n) is 11.0. The van der Waals surface area contributed by atoms with Crippen molar-refractivity contribution in [2.75, 3.05) is 6.61 Å². The lowest BCUT2D eigenvalue weighted by Crippen LogP contribution is -2.16. The molecule has 0 heterocycles. The van der Waals surface area contributed by atoms with Crippen molar-refractivity contribution < 1.29 is 9.47 Å². The molecular formula is C14H22O2. The van der Waals surface area contributed by atoms with Gasteiger partial charge in [-0.05, 0) is 62.9 Å². The fraction of sp³-hybridized carbons (Fsp3) is 0.571. The molecule has 0 saturated heterocycles. The molecule has 1 rings (SSSR count). The van der Waals surface area contributed by atoms with Gasteiger partial charge in [-0.25, -0.2) is 0 Å². The van der Waals surface area contributed by atoms with Crippen molar-refractivity contribution in [3.8, 4) is 5.75 Å². The average Bonchev–Trinajstić information content (AvgIpc) is 2.17. The van der Waals surface area contributed by atoms with Gasteiger partial charge in [-0.3, -0.25) is 0 Å². The Labute approximate surface area is 98.6 Å². The lowest BCUT2D eigenvalue weighted by molar-refractivity contribution is -0.0613. The zero-order valence-corrected chi connectivity index (χ0v) is 11.0. The first-order chi connectivity index (χ1) is 7.58. The molecule has 2 nitrogen and oxygen atoms in total. The fourth-order valence-electron chi connectivity index (χ4n) is 2.04. The summed E-state index contributed by atoms with van der Waals surface area (Å²) in [6.45, 7) is 11.0. The largest absolute Gasteiger partial charge is 0.465 e. The van der Waals surface area contributed by atoms with Gasteiger partial charge in [0.05, 0.1) is 0 Å².